The van der Waals surface area contributed by atoms with Gasteiger partial charge in [0.1, 0.15) is 0 Å². The van der Waals surface area contributed by atoms with Crippen LogP contribution in [0.5, 0.6) is 0 Å². The maximum absolute atomic E-state index is 12.4. The van der Waals surface area contributed by atoms with Crippen LogP contribution < -0.4 is 0 Å². The summed E-state index contributed by atoms with van der Waals surface area (Å²) in [5.41, 5.74) is 0. The van der Waals surface area contributed by atoms with Gasteiger partial charge in [-0.25, -0.2) is 18.4 Å². The molecule has 0 aromatic heterocycles. The summed E-state index contributed by atoms with van der Waals surface area (Å²) in [7, 11) is 0. The summed E-state index contributed by atoms with van der Waals surface area (Å²) in [6.45, 7) is 0. The lowest BCUT2D eigenvalue weighted by atomic mass is 10.1. The van der Waals surface area contributed by atoms with Crippen molar-refractivity contribution in [1.29, 1.82) is 0 Å². The third-order valence-electron chi connectivity index (χ3n) is 1.70. The molecule has 0 aliphatic carbocycles. The van der Waals surface area contributed by atoms with Crippen molar-refractivity contribution in [3.05, 3.63) is 0 Å². The van der Waals surface area contributed by atoms with Crippen molar-refractivity contribution in [2.24, 2.45) is 0 Å². The second-order valence-corrected chi connectivity index (χ2v) is 2.90. The van der Waals surface area contributed by atoms with Gasteiger partial charge in [0.2, 0.25) is 0 Å². The minimum atomic E-state index is -1.95. The zero-order valence-electron chi connectivity index (χ0n) is 7.45. The van der Waals surface area contributed by atoms with E-state index in [1.807, 2.05) is 0 Å². The molecule has 0 saturated carbocycles. The molecule has 6 heteroatoms. The van der Waals surface area contributed by atoms with Gasteiger partial charge in [-0.1, -0.05) is 0 Å². The minimum absolute atomic E-state index is 0.168. The number of rotatable bonds is 7. The van der Waals surface area contributed by atoms with Crippen LogP contribution in [0.2, 0.25) is 0 Å². The molecule has 0 saturated heterocycles. The number of halogens is 2. The van der Waals surface area contributed by atoms with E-state index >= 15 is 0 Å². The molecule has 0 bridgehead atoms. The number of aliphatic carboxylic acids is 2. The molecule has 2 atom stereocenters. The summed E-state index contributed by atoms with van der Waals surface area (Å²) in [5.74, 6) is -3.08. The van der Waals surface area contributed by atoms with Gasteiger partial charge >= 0.3 is 11.9 Å². The first kappa shape index (κ1) is 12.8. The molecule has 0 fully saturated rings. The smallest absolute Gasteiger partial charge is 0.338 e. The Hall–Kier alpha value is -1.20. The van der Waals surface area contributed by atoms with Gasteiger partial charge in [-0.15, -0.1) is 0 Å². The molecule has 0 spiro atoms. The molecule has 2 unspecified atom stereocenters. The van der Waals surface area contributed by atoms with Crippen LogP contribution in [0.25, 0.3) is 0 Å². The Morgan fingerprint density at radius 1 is 0.929 bits per heavy atom. The van der Waals surface area contributed by atoms with E-state index in [0.717, 1.165) is 0 Å². The third kappa shape index (κ3) is 5.45. The van der Waals surface area contributed by atoms with Gasteiger partial charge in [0.05, 0.1) is 0 Å². The predicted molar refractivity (Wildman–Crippen MR) is 43.5 cm³/mol. The van der Waals surface area contributed by atoms with Crippen LogP contribution >= 0.6 is 0 Å². The topological polar surface area (TPSA) is 74.6 Å². The van der Waals surface area contributed by atoms with E-state index in [1.54, 1.807) is 0 Å². The fraction of sp³-hybridized carbons (Fsp3) is 0.750. The van der Waals surface area contributed by atoms with Gasteiger partial charge in [-0.05, 0) is 25.7 Å². The number of hydrogen-bond acceptors (Lipinski definition) is 2. The summed E-state index contributed by atoms with van der Waals surface area (Å²) in [6, 6.07) is 0. The molecule has 0 amide bonds. The molecule has 4 nitrogen and oxygen atoms in total. The SMILES string of the molecule is O=C(O)C(F)CCCCC(F)C(=O)O. The molecule has 0 aromatic rings. The van der Waals surface area contributed by atoms with Gasteiger partial charge in [0.15, 0.2) is 12.3 Å². The second kappa shape index (κ2) is 6.28. The second-order valence-electron chi connectivity index (χ2n) is 2.90. The van der Waals surface area contributed by atoms with E-state index in [-0.39, 0.29) is 25.7 Å². The molecule has 0 rings (SSSR count). The van der Waals surface area contributed by atoms with E-state index < -0.39 is 24.3 Å². The molecule has 0 aromatic carbocycles. The molecule has 0 radical (unpaired) electrons. The molecular weight excluding hydrogens is 198 g/mol. The Kier molecular flexibility index (Phi) is 5.74. The van der Waals surface area contributed by atoms with Crippen LogP contribution in [0.15, 0.2) is 0 Å². The van der Waals surface area contributed by atoms with Gasteiger partial charge in [-0.2, -0.15) is 0 Å². The van der Waals surface area contributed by atoms with E-state index in [0.29, 0.717) is 0 Å². The molecule has 0 aliphatic heterocycles. The van der Waals surface area contributed by atoms with Crippen molar-refractivity contribution in [2.45, 2.75) is 38.0 Å². The number of carbonyl (C=O) groups is 2. The van der Waals surface area contributed by atoms with Gasteiger partial charge in [-0.3, -0.25) is 0 Å². The van der Waals surface area contributed by atoms with Crippen LogP contribution in [0.3, 0.4) is 0 Å². The van der Waals surface area contributed by atoms with E-state index in [9.17, 15) is 18.4 Å². The average molecular weight is 210 g/mol. The first-order valence-electron chi connectivity index (χ1n) is 4.19. The van der Waals surface area contributed by atoms with Crippen molar-refractivity contribution in [2.75, 3.05) is 0 Å². The molecular formula is C8H12F2O4. The van der Waals surface area contributed by atoms with Crippen molar-refractivity contribution >= 4 is 11.9 Å². The largest absolute Gasteiger partial charge is 0.479 e. The van der Waals surface area contributed by atoms with Gasteiger partial charge in [0.25, 0.3) is 0 Å². The number of carboxylic acid groups (broad SMARTS) is 2. The quantitative estimate of drug-likeness (QED) is 0.622. The maximum Gasteiger partial charge on any atom is 0.338 e. The fourth-order valence-electron chi connectivity index (χ4n) is 0.894. The standard InChI is InChI=1S/C8H12F2O4/c9-5(7(11)12)3-1-2-4-6(10)8(13)14/h5-6H,1-4H2,(H,11,12)(H,13,14). The highest BCUT2D eigenvalue weighted by molar-refractivity contribution is 5.72. The lowest BCUT2D eigenvalue weighted by molar-refractivity contribution is -0.144. The van der Waals surface area contributed by atoms with Gasteiger partial charge in [0, 0.05) is 0 Å². The number of alkyl halides is 2. The van der Waals surface area contributed by atoms with Crippen LogP contribution in [0.1, 0.15) is 25.7 Å². The Morgan fingerprint density at radius 3 is 1.43 bits per heavy atom. The normalized spacial score (nSPS) is 14.7. The summed E-state index contributed by atoms with van der Waals surface area (Å²) in [4.78, 5) is 20.0. The maximum atomic E-state index is 12.4. The first-order valence-corrected chi connectivity index (χ1v) is 4.19. The summed E-state index contributed by atoms with van der Waals surface area (Å²) in [6.07, 6.45) is -3.97. The summed E-state index contributed by atoms with van der Waals surface area (Å²) < 4.78 is 24.8. The Labute approximate surface area is 79.5 Å². The van der Waals surface area contributed by atoms with Crippen LogP contribution in [0.4, 0.5) is 8.78 Å². The molecule has 0 heterocycles. The lowest BCUT2D eigenvalue weighted by Crippen LogP contribution is -2.16. The molecule has 14 heavy (non-hydrogen) atoms. The number of unbranched alkanes of at least 4 members (excludes halogenated alkanes) is 1. The van der Waals surface area contributed by atoms with E-state index in [4.69, 9.17) is 10.2 Å². The van der Waals surface area contributed by atoms with Crippen LogP contribution in [-0.2, 0) is 9.59 Å². The van der Waals surface area contributed by atoms with E-state index in [2.05, 4.69) is 0 Å². The number of hydrogen-bond donors (Lipinski definition) is 2. The minimum Gasteiger partial charge on any atom is -0.479 e. The average Bonchev–Trinajstić information content (AvgIpc) is 2.11. The zero-order chi connectivity index (χ0) is 11.1. The van der Waals surface area contributed by atoms with Crippen LogP contribution in [-0.4, -0.2) is 34.5 Å². The van der Waals surface area contributed by atoms with Crippen LogP contribution in [0, 0.1) is 0 Å². The Balaban J connectivity index is 3.47. The third-order valence-corrected chi connectivity index (χ3v) is 1.70. The summed E-state index contributed by atoms with van der Waals surface area (Å²) in [5, 5.41) is 16.3. The first-order chi connectivity index (χ1) is 6.45. The highest BCUT2D eigenvalue weighted by atomic mass is 19.1. The Morgan fingerprint density at radius 2 is 1.21 bits per heavy atom. The monoisotopic (exact) mass is 210 g/mol. The lowest BCUT2D eigenvalue weighted by Gasteiger charge is -2.03. The predicted octanol–water partition coefficient (Wildman–Crippen LogP) is 1.39. The highest BCUT2D eigenvalue weighted by Gasteiger charge is 2.17. The zero-order valence-corrected chi connectivity index (χ0v) is 7.45. The van der Waals surface area contributed by atoms with Crippen molar-refractivity contribution in [1.82, 2.24) is 0 Å². The van der Waals surface area contributed by atoms with Crippen molar-refractivity contribution < 1.29 is 28.6 Å². The summed E-state index contributed by atoms with van der Waals surface area (Å²) >= 11 is 0. The molecule has 2 N–H and O–H groups in total. The fourth-order valence-corrected chi connectivity index (χ4v) is 0.894. The van der Waals surface area contributed by atoms with Crippen molar-refractivity contribution in [3.63, 3.8) is 0 Å². The van der Waals surface area contributed by atoms with Gasteiger partial charge < -0.3 is 10.2 Å². The Bertz CT molecular complexity index is 186. The van der Waals surface area contributed by atoms with Crippen molar-refractivity contribution in [3.8, 4) is 0 Å². The highest BCUT2D eigenvalue weighted by Crippen LogP contribution is 2.10. The molecule has 0 aliphatic rings. The number of carboxylic acids is 2. The van der Waals surface area contributed by atoms with E-state index in [1.165, 1.54) is 0 Å². The molecule has 82 valence electrons.